The highest BCUT2D eigenvalue weighted by atomic mass is 35.5. The number of hydrogen-bond donors (Lipinski definition) is 1. The average Bonchev–Trinajstić information content (AvgIpc) is 2.65. The number of aliphatic imine (C=N–C) groups is 1. The molecule has 1 heterocycles. The van der Waals surface area contributed by atoms with E-state index in [0.717, 1.165) is 17.7 Å². The molecule has 2 aromatic rings. The number of nitrogens with two attached hydrogens (primary N) is 1. The second-order valence-electron chi connectivity index (χ2n) is 6.16. The largest absolute Gasteiger partial charge is 0.382 e. The highest BCUT2D eigenvalue weighted by Crippen LogP contribution is 2.26. The lowest BCUT2D eigenvalue weighted by Crippen LogP contribution is -2.03. The monoisotopic (exact) mass is 390 g/mol. The van der Waals surface area contributed by atoms with E-state index in [1.54, 1.807) is 18.0 Å². The zero-order chi connectivity index (χ0) is 18.6. The van der Waals surface area contributed by atoms with E-state index in [0.29, 0.717) is 28.2 Å². The van der Waals surface area contributed by atoms with Gasteiger partial charge in [-0.2, -0.15) is 0 Å². The van der Waals surface area contributed by atoms with Crippen molar-refractivity contribution in [1.29, 1.82) is 0 Å². The minimum absolute atomic E-state index is 0.372. The van der Waals surface area contributed by atoms with E-state index in [4.69, 9.17) is 17.3 Å². The molecule has 1 aromatic heterocycles. The lowest BCUT2D eigenvalue weighted by Gasteiger charge is -2.06. The normalized spacial score (nSPS) is 11.3. The molecule has 0 fully saturated rings. The Balaban J connectivity index is 1.83. The number of rotatable bonds is 11. The molecule has 2 N–H and O–H groups in total. The van der Waals surface area contributed by atoms with Gasteiger partial charge in [-0.1, -0.05) is 81.0 Å². The van der Waals surface area contributed by atoms with Crippen molar-refractivity contribution in [3.8, 4) is 0 Å². The van der Waals surface area contributed by atoms with Crippen LogP contribution in [0.4, 0.5) is 5.82 Å². The summed E-state index contributed by atoms with van der Waals surface area (Å²) in [5, 5.41) is 1.11. The van der Waals surface area contributed by atoms with Gasteiger partial charge in [-0.05, 0) is 17.7 Å². The smallest absolute Gasteiger partial charge is 0.162 e. The minimum atomic E-state index is 0.372. The molecule has 0 amide bonds. The van der Waals surface area contributed by atoms with E-state index in [1.165, 1.54) is 32.1 Å². The molecule has 0 aliphatic heterocycles. The Bertz CT molecular complexity index is 692. The number of hydrogen-bond acceptors (Lipinski definition) is 5. The molecule has 0 saturated carbocycles. The molecule has 26 heavy (non-hydrogen) atoms. The van der Waals surface area contributed by atoms with Gasteiger partial charge in [0.15, 0.2) is 11.0 Å². The Morgan fingerprint density at radius 2 is 1.81 bits per heavy atom. The van der Waals surface area contributed by atoms with E-state index < -0.39 is 0 Å². The zero-order valence-electron chi connectivity index (χ0n) is 15.3. The summed E-state index contributed by atoms with van der Waals surface area (Å²) >= 11 is 7.89. The molecule has 0 bridgehead atoms. The maximum Gasteiger partial charge on any atom is 0.162 e. The molecule has 1 aromatic carbocycles. The van der Waals surface area contributed by atoms with Crippen molar-refractivity contribution in [2.24, 2.45) is 4.99 Å². The van der Waals surface area contributed by atoms with Crippen molar-refractivity contribution in [2.45, 2.75) is 57.0 Å². The molecular formula is C20H27ClN4S. The average molecular weight is 391 g/mol. The number of anilines is 1. The maximum absolute atomic E-state index is 6.27. The molecule has 0 atom stereocenters. The van der Waals surface area contributed by atoms with Gasteiger partial charge >= 0.3 is 0 Å². The number of aromatic nitrogens is 2. The van der Waals surface area contributed by atoms with Crippen LogP contribution in [0.3, 0.4) is 0 Å². The lowest BCUT2D eigenvalue weighted by molar-refractivity contribution is 0.627. The third-order valence-corrected chi connectivity index (χ3v) is 5.37. The molecule has 6 heteroatoms. The highest BCUT2D eigenvalue weighted by Gasteiger charge is 2.09. The van der Waals surface area contributed by atoms with E-state index in [1.807, 2.05) is 30.3 Å². The molecule has 0 aliphatic carbocycles. The summed E-state index contributed by atoms with van der Waals surface area (Å²) in [5.74, 6) is 1.36. The second kappa shape index (κ2) is 11.9. The number of benzene rings is 1. The van der Waals surface area contributed by atoms with Crippen LogP contribution in [0.15, 0.2) is 40.4 Å². The van der Waals surface area contributed by atoms with Gasteiger partial charge in [-0.15, -0.1) is 11.8 Å². The fourth-order valence-corrected chi connectivity index (χ4v) is 3.65. The van der Waals surface area contributed by atoms with Crippen molar-refractivity contribution >= 4 is 35.4 Å². The van der Waals surface area contributed by atoms with Crippen molar-refractivity contribution in [3.63, 3.8) is 0 Å². The maximum atomic E-state index is 6.27. The van der Waals surface area contributed by atoms with Crippen LogP contribution in [0.25, 0.3) is 0 Å². The molecule has 140 valence electrons. The molecule has 2 rings (SSSR count). The fourth-order valence-electron chi connectivity index (χ4n) is 2.48. The van der Waals surface area contributed by atoms with Crippen molar-refractivity contribution in [2.75, 3.05) is 11.5 Å². The summed E-state index contributed by atoms with van der Waals surface area (Å²) in [6, 6.07) is 10.0. The Morgan fingerprint density at radius 1 is 1.08 bits per heavy atom. The molecule has 0 radical (unpaired) electrons. The van der Waals surface area contributed by atoms with Crippen molar-refractivity contribution < 1.29 is 0 Å². The third kappa shape index (κ3) is 7.34. The van der Waals surface area contributed by atoms with Crippen LogP contribution in [-0.4, -0.2) is 21.9 Å². The molecule has 0 saturated heterocycles. The van der Waals surface area contributed by atoms with Crippen LogP contribution in [0, 0.1) is 0 Å². The standard InChI is InChI=1S/C20H27ClN4S/c1-2-3-4-5-6-10-13-26-20-18(21)24-17(19(22)25-20)15-23-14-16-11-8-7-9-12-16/h7-9,11-12,15H,2-6,10,13-14H2,1H3,(H2,22,25). The molecule has 0 unspecified atom stereocenters. The molecular weight excluding hydrogens is 364 g/mol. The predicted molar refractivity (Wildman–Crippen MR) is 113 cm³/mol. The van der Waals surface area contributed by atoms with E-state index in [-0.39, 0.29) is 0 Å². The summed E-state index contributed by atoms with van der Waals surface area (Å²) in [5.41, 5.74) is 7.67. The van der Waals surface area contributed by atoms with Gasteiger partial charge in [0, 0.05) is 0 Å². The van der Waals surface area contributed by atoms with Gasteiger partial charge in [-0.3, -0.25) is 4.99 Å². The first-order valence-electron chi connectivity index (χ1n) is 9.20. The van der Waals surface area contributed by atoms with Crippen LogP contribution in [-0.2, 0) is 6.54 Å². The van der Waals surface area contributed by atoms with Gasteiger partial charge in [0.25, 0.3) is 0 Å². The van der Waals surface area contributed by atoms with Gasteiger partial charge in [-0.25, -0.2) is 9.97 Å². The van der Waals surface area contributed by atoms with Crippen LogP contribution < -0.4 is 5.73 Å². The quantitative estimate of drug-likeness (QED) is 0.300. The topological polar surface area (TPSA) is 64.2 Å². The number of nitrogen functional groups attached to an aromatic ring is 1. The van der Waals surface area contributed by atoms with Gasteiger partial charge in [0.05, 0.1) is 12.8 Å². The number of nitrogens with zero attached hydrogens (tertiary/aromatic N) is 3. The summed E-state index contributed by atoms with van der Waals surface area (Å²) in [6.45, 7) is 2.81. The Hall–Kier alpha value is -1.59. The predicted octanol–water partition coefficient (Wildman–Crippen LogP) is 5.78. The molecule has 0 aliphatic rings. The number of unbranched alkanes of at least 4 members (excludes halogenated alkanes) is 5. The fraction of sp³-hybridized carbons (Fsp3) is 0.450. The SMILES string of the molecule is CCCCCCCCSc1nc(N)c(C=NCc2ccccc2)nc1Cl. The van der Waals surface area contributed by atoms with E-state index >= 15 is 0 Å². The first-order chi connectivity index (χ1) is 12.7. The first kappa shape index (κ1) is 20.7. The second-order valence-corrected chi connectivity index (χ2v) is 7.60. The summed E-state index contributed by atoms with van der Waals surface area (Å²) in [6.07, 6.45) is 9.28. The Kier molecular flexibility index (Phi) is 9.50. The molecule has 4 nitrogen and oxygen atoms in total. The van der Waals surface area contributed by atoms with E-state index in [2.05, 4.69) is 21.9 Å². The lowest BCUT2D eigenvalue weighted by atomic mass is 10.1. The Labute approximate surface area is 165 Å². The zero-order valence-corrected chi connectivity index (χ0v) is 16.9. The summed E-state index contributed by atoms with van der Waals surface area (Å²) in [4.78, 5) is 13.1. The van der Waals surface area contributed by atoms with Crippen molar-refractivity contribution in [3.05, 3.63) is 46.7 Å². The summed E-state index contributed by atoms with van der Waals surface area (Å²) in [7, 11) is 0. The molecule has 0 spiro atoms. The minimum Gasteiger partial charge on any atom is -0.382 e. The summed E-state index contributed by atoms with van der Waals surface area (Å²) < 4.78 is 0. The number of thioether (sulfide) groups is 1. The van der Waals surface area contributed by atoms with Gasteiger partial charge in [0.1, 0.15) is 10.7 Å². The van der Waals surface area contributed by atoms with Crippen LogP contribution in [0.5, 0.6) is 0 Å². The van der Waals surface area contributed by atoms with Crippen molar-refractivity contribution in [1.82, 2.24) is 9.97 Å². The van der Waals surface area contributed by atoms with Gasteiger partial charge in [0.2, 0.25) is 0 Å². The Morgan fingerprint density at radius 3 is 2.58 bits per heavy atom. The van der Waals surface area contributed by atoms with E-state index in [9.17, 15) is 0 Å². The van der Waals surface area contributed by atoms with Gasteiger partial charge < -0.3 is 5.73 Å². The van der Waals surface area contributed by atoms with Crippen LogP contribution in [0.1, 0.15) is 56.7 Å². The van der Waals surface area contributed by atoms with Crippen LogP contribution >= 0.6 is 23.4 Å². The third-order valence-electron chi connectivity index (χ3n) is 3.95. The number of halogens is 1. The highest BCUT2D eigenvalue weighted by molar-refractivity contribution is 7.99. The first-order valence-corrected chi connectivity index (χ1v) is 10.6. The van der Waals surface area contributed by atoms with Crippen LogP contribution in [0.2, 0.25) is 5.15 Å².